The number of ether oxygens (including phenoxy) is 4. The average molecular weight is 364 g/mol. The molecule has 26 heavy (non-hydrogen) atoms. The molecular formula is C20H28O6. The van der Waals surface area contributed by atoms with Gasteiger partial charge in [0, 0.05) is 24.2 Å². The number of hydrogen-bond acceptors (Lipinski definition) is 6. The molecule has 2 aliphatic carbocycles. The Hall–Kier alpha value is -0.690. The van der Waals surface area contributed by atoms with E-state index in [9.17, 15) is 9.90 Å². The normalized spacial score (nSPS) is 62.9. The van der Waals surface area contributed by atoms with E-state index in [1.54, 1.807) is 0 Å². The zero-order chi connectivity index (χ0) is 18.0. The smallest absolute Gasteiger partial charge is 0.312 e. The lowest BCUT2D eigenvalue weighted by atomic mass is 9.44. The molecule has 0 radical (unpaired) electrons. The van der Waals surface area contributed by atoms with Gasteiger partial charge in [0.1, 0.15) is 11.7 Å². The highest BCUT2D eigenvalue weighted by molar-refractivity contribution is 5.80. The minimum atomic E-state index is -0.738. The monoisotopic (exact) mass is 364 g/mol. The Morgan fingerprint density at radius 1 is 1.08 bits per heavy atom. The summed E-state index contributed by atoms with van der Waals surface area (Å²) in [4.78, 5) is 12.8. The SMILES string of the molecule is C[C@]12C[C@H]3OC(=O)[C@@]4(C)CCC[C@@](CO1)([C@@H]34)[C@@]21CC[C@@]2(CO[C@@H](O)C2)O1. The Bertz CT molecular complexity index is 696. The topological polar surface area (TPSA) is 74.2 Å². The highest BCUT2D eigenvalue weighted by Crippen LogP contribution is 2.75. The standard InChI is InChI=1S/C20H28O6/c1-16-4-3-5-19-11-24-17(2,8-12(14(16)19)25-15(16)22)20(19)7-6-18(26-20)9-13(21)23-10-18/h12-14,21H,3-11H2,1-2H3/t12-,13-,14+,16+,17-,18-,19-,20-/m1/s1. The second kappa shape index (κ2) is 4.48. The van der Waals surface area contributed by atoms with Crippen LogP contribution in [0.2, 0.25) is 0 Å². The molecule has 3 spiro atoms. The molecule has 6 rings (SSSR count). The van der Waals surface area contributed by atoms with E-state index < -0.39 is 28.5 Å². The van der Waals surface area contributed by atoms with Gasteiger partial charge < -0.3 is 24.1 Å². The molecule has 0 amide bonds. The van der Waals surface area contributed by atoms with Gasteiger partial charge in [-0.25, -0.2) is 0 Å². The molecule has 8 atom stereocenters. The lowest BCUT2D eigenvalue weighted by Crippen LogP contribution is -2.69. The van der Waals surface area contributed by atoms with Crippen LogP contribution in [0, 0.1) is 16.7 Å². The van der Waals surface area contributed by atoms with Crippen LogP contribution in [0.25, 0.3) is 0 Å². The van der Waals surface area contributed by atoms with Crippen LogP contribution in [0.3, 0.4) is 0 Å². The van der Waals surface area contributed by atoms with Crippen LogP contribution in [0.15, 0.2) is 0 Å². The van der Waals surface area contributed by atoms with Gasteiger partial charge in [-0.15, -0.1) is 0 Å². The van der Waals surface area contributed by atoms with Crippen LogP contribution < -0.4 is 0 Å². The minimum Gasteiger partial charge on any atom is -0.461 e. The Labute approximate surface area is 153 Å². The summed E-state index contributed by atoms with van der Waals surface area (Å²) in [5.41, 5.74) is -1.87. The van der Waals surface area contributed by atoms with Gasteiger partial charge in [-0.2, -0.15) is 0 Å². The third-order valence-corrected chi connectivity index (χ3v) is 9.00. The Kier molecular flexibility index (Phi) is 2.80. The predicted molar refractivity (Wildman–Crippen MR) is 89.1 cm³/mol. The molecule has 6 fully saturated rings. The molecule has 2 saturated carbocycles. The molecule has 0 aromatic carbocycles. The number of carbonyl (C=O) groups excluding carboxylic acids is 1. The first-order valence-corrected chi connectivity index (χ1v) is 10.1. The van der Waals surface area contributed by atoms with Crippen molar-refractivity contribution in [2.75, 3.05) is 13.2 Å². The van der Waals surface area contributed by atoms with Gasteiger partial charge in [0.05, 0.1) is 29.8 Å². The van der Waals surface area contributed by atoms with Crippen molar-refractivity contribution in [3.63, 3.8) is 0 Å². The molecule has 0 aromatic rings. The molecule has 0 aromatic heterocycles. The number of aliphatic hydroxyl groups is 1. The molecule has 2 bridgehead atoms. The number of hydrogen-bond donors (Lipinski definition) is 1. The maximum Gasteiger partial charge on any atom is 0.312 e. The van der Waals surface area contributed by atoms with Crippen molar-refractivity contribution >= 4 is 5.97 Å². The van der Waals surface area contributed by atoms with Gasteiger partial charge in [-0.3, -0.25) is 4.79 Å². The molecule has 4 saturated heterocycles. The molecular weight excluding hydrogens is 336 g/mol. The van der Waals surface area contributed by atoms with Gasteiger partial charge in [0.2, 0.25) is 0 Å². The van der Waals surface area contributed by atoms with Crippen LogP contribution in [0.4, 0.5) is 0 Å². The van der Waals surface area contributed by atoms with Crippen molar-refractivity contribution in [3.8, 4) is 0 Å². The second-order valence-corrected chi connectivity index (χ2v) is 10.2. The Morgan fingerprint density at radius 3 is 2.69 bits per heavy atom. The predicted octanol–water partition coefficient (Wildman–Crippen LogP) is 1.92. The Morgan fingerprint density at radius 2 is 1.92 bits per heavy atom. The van der Waals surface area contributed by atoms with E-state index in [1.807, 2.05) is 0 Å². The Balaban J connectivity index is 1.50. The zero-order valence-corrected chi connectivity index (χ0v) is 15.6. The highest BCUT2D eigenvalue weighted by atomic mass is 16.7. The molecule has 144 valence electrons. The first-order valence-electron chi connectivity index (χ1n) is 10.1. The van der Waals surface area contributed by atoms with Crippen molar-refractivity contribution in [1.82, 2.24) is 0 Å². The zero-order valence-electron chi connectivity index (χ0n) is 15.6. The lowest BCUT2D eigenvalue weighted by Gasteiger charge is -2.60. The van der Waals surface area contributed by atoms with Crippen LogP contribution in [-0.2, 0) is 23.7 Å². The van der Waals surface area contributed by atoms with Crippen molar-refractivity contribution in [2.24, 2.45) is 16.7 Å². The fourth-order valence-electron chi connectivity index (χ4n) is 7.99. The summed E-state index contributed by atoms with van der Waals surface area (Å²) < 4.78 is 24.9. The van der Waals surface area contributed by atoms with E-state index in [0.717, 1.165) is 32.1 Å². The molecule has 6 heteroatoms. The maximum atomic E-state index is 12.8. The van der Waals surface area contributed by atoms with E-state index in [1.165, 1.54) is 0 Å². The van der Waals surface area contributed by atoms with E-state index in [4.69, 9.17) is 18.9 Å². The fourth-order valence-corrected chi connectivity index (χ4v) is 7.99. The number of rotatable bonds is 0. The maximum absolute atomic E-state index is 12.8. The average Bonchev–Trinajstić information content (AvgIpc) is 3.24. The van der Waals surface area contributed by atoms with Crippen molar-refractivity contribution < 1.29 is 28.8 Å². The van der Waals surface area contributed by atoms with Crippen LogP contribution in [0.5, 0.6) is 0 Å². The van der Waals surface area contributed by atoms with Gasteiger partial charge in [0.15, 0.2) is 6.29 Å². The molecule has 4 heterocycles. The van der Waals surface area contributed by atoms with E-state index in [-0.39, 0.29) is 23.4 Å². The van der Waals surface area contributed by atoms with Gasteiger partial charge in [-0.05, 0) is 39.5 Å². The summed E-state index contributed by atoms with van der Waals surface area (Å²) in [7, 11) is 0. The number of aliphatic hydroxyl groups excluding tert-OH is 1. The summed E-state index contributed by atoms with van der Waals surface area (Å²) in [6.07, 6.45) is 5.16. The molecule has 0 unspecified atom stereocenters. The number of carbonyl (C=O) groups is 1. The molecule has 6 nitrogen and oxygen atoms in total. The molecule has 1 N–H and O–H groups in total. The third kappa shape index (κ3) is 1.52. The minimum absolute atomic E-state index is 0.0230. The second-order valence-electron chi connectivity index (χ2n) is 10.2. The van der Waals surface area contributed by atoms with Gasteiger partial charge in [-0.1, -0.05) is 6.42 Å². The summed E-state index contributed by atoms with van der Waals surface area (Å²) in [5, 5.41) is 9.96. The van der Waals surface area contributed by atoms with Crippen molar-refractivity contribution in [2.45, 2.75) is 88.0 Å². The third-order valence-electron chi connectivity index (χ3n) is 9.00. The largest absolute Gasteiger partial charge is 0.461 e. The molecule has 4 aliphatic heterocycles. The van der Waals surface area contributed by atoms with Gasteiger partial charge in [0.25, 0.3) is 0 Å². The first-order chi connectivity index (χ1) is 12.3. The number of esters is 1. The van der Waals surface area contributed by atoms with Crippen LogP contribution >= 0.6 is 0 Å². The van der Waals surface area contributed by atoms with Crippen LogP contribution in [-0.4, -0.2) is 53.5 Å². The van der Waals surface area contributed by atoms with Gasteiger partial charge >= 0.3 is 5.97 Å². The molecule has 6 aliphatic rings. The van der Waals surface area contributed by atoms with Crippen molar-refractivity contribution in [3.05, 3.63) is 0 Å². The van der Waals surface area contributed by atoms with E-state index in [2.05, 4.69) is 13.8 Å². The van der Waals surface area contributed by atoms with E-state index >= 15 is 0 Å². The lowest BCUT2D eigenvalue weighted by molar-refractivity contribution is -0.250. The summed E-state index contributed by atoms with van der Waals surface area (Å²) in [5.74, 6) is 0.138. The summed E-state index contributed by atoms with van der Waals surface area (Å²) in [6.45, 7) is 5.35. The van der Waals surface area contributed by atoms with E-state index in [0.29, 0.717) is 26.1 Å². The fraction of sp³-hybridized carbons (Fsp3) is 0.950. The van der Waals surface area contributed by atoms with Crippen LogP contribution in [0.1, 0.15) is 58.8 Å². The summed E-state index contributed by atoms with van der Waals surface area (Å²) in [6, 6.07) is 0. The quantitative estimate of drug-likeness (QED) is 0.662. The van der Waals surface area contributed by atoms with Crippen molar-refractivity contribution in [1.29, 1.82) is 0 Å². The summed E-state index contributed by atoms with van der Waals surface area (Å²) >= 11 is 0. The highest BCUT2D eigenvalue weighted by Gasteiger charge is 2.83. The first kappa shape index (κ1) is 16.3.